The molecule has 8 heavy (non-hydrogen) atoms. The molecule has 0 radical (unpaired) electrons. The molecular weight excluding hydrogens is 178 g/mol. The predicted molar refractivity (Wildman–Crippen MR) is 24.4 cm³/mol. The van der Waals surface area contributed by atoms with Crippen LogP contribution in [-0.2, 0) is 4.79 Å². The van der Waals surface area contributed by atoms with Gasteiger partial charge in [-0.3, -0.25) is 4.79 Å². The molecule has 0 aromatic heterocycles. The van der Waals surface area contributed by atoms with E-state index in [4.69, 9.17) is 0 Å². The Morgan fingerprint density at radius 3 is 1.88 bits per heavy atom. The van der Waals surface area contributed by atoms with Gasteiger partial charge in [0, 0.05) is 0 Å². The molecule has 0 aliphatic carbocycles. The minimum atomic E-state index is -0.187. The van der Waals surface area contributed by atoms with Crippen molar-refractivity contribution in [2.45, 2.75) is 13.8 Å². The number of hydrogen-bond donors (Lipinski definition) is 0. The normalized spacial score (nSPS) is 10.0. The van der Waals surface area contributed by atoms with Crippen LogP contribution in [0, 0.1) is 0 Å². The molecule has 0 amide bonds. The molecule has 0 fully saturated rings. The third-order valence-corrected chi connectivity index (χ3v) is 0.407. The van der Waals surface area contributed by atoms with E-state index in [1.54, 1.807) is 0 Å². The predicted octanol–water partition coefficient (Wildman–Crippen LogP) is -3.16. The Labute approximate surface area is 97.8 Å². The smallest absolute Gasteiger partial charge is 0.876 e. The van der Waals surface area contributed by atoms with E-state index in [0.717, 1.165) is 6.08 Å². The van der Waals surface area contributed by atoms with E-state index < -0.39 is 0 Å². The summed E-state index contributed by atoms with van der Waals surface area (Å²) in [7, 11) is 0. The molecule has 0 spiro atoms. The Morgan fingerprint density at radius 1 is 1.50 bits per heavy atom. The summed E-state index contributed by atoms with van der Waals surface area (Å²) in [6.45, 7) is 2.70. The van der Waals surface area contributed by atoms with Gasteiger partial charge in [-0.1, -0.05) is 6.92 Å². The summed E-state index contributed by atoms with van der Waals surface area (Å²) in [5, 5.41) is 9.98. The molecule has 0 atom stereocenters. The molecule has 0 rings (SSSR count). The zero-order valence-electron chi connectivity index (χ0n) is 5.39. The second-order valence-corrected chi connectivity index (χ2v) is 1.37. The zero-order valence-corrected chi connectivity index (χ0v) is 10.3. The average molecular weight is 185 g/mol. The Bertz CT molecular complexity index is 103. The van der Waals surface area contributed by atoms with Crippen molar-refractivity contribution in [1.82, 2.24) is 0 Å². The summed E-state index contributed by atoms with van der Waals surface area (Å²) in [5.41, 5.74) is 0. The van der Waals surface area contributed by atoms with Gasteiger partial charge in [-0.15, -0.1) is 5.76 Å². The van der Waals surface area contributed by atoms with Gasteiger partial charge in [-0.2, -0.15) is 0 Å². The summed E-state index contributed by atoms with van der Waals surface area (Å²) < 4.78 is 0. The van der Waals surface area contributed by atoms with Gasteiger partial charge in [0.2, 0.25) is 0 Å². The minimum absolute atomic E-state index is 0. The Hall–Kier alpha value is 1.02. The van der Waals surface area contributed by atoms with E-state index in [1.165, 1.54) is 13.8 Å². The first-order chi connectivity index (χ1) is 3.13. The summed E-state index contributed by atoms with van der Waals surface area (Å²) in [4.78, 5) is 9.98. The van der Waals surface area contributed by atoms with Crippen LogP contribution in [0.2, 0.25) is 0 Å². The van der Waals surface area contributed by atoms with E-state index in [-0.39, 0.29) is 69.7 Å². The first kappa shape index (κ1) is 11.8. The summed E-state index contributed by atoms with van der Waals surface area (Å²) >= 11 is 0. The van der Waals surface area contributed by atoms with Crippen molar-refractivity contribution in [3.8, 4) is 0 Å². The van der Waals surface area contributed by atoms with E-state index in [9.17, 15) is 9.90 Å². The van der Waals surface area contributed by atoms with E-state index in [0.29, 0.717) is 0 Å². The summed E-state index contributed by atoms with van der Waals surface area (Å²) in [6.07, 6.45) is 1.06. The van der Waals surface area contributed by atoms with Crippen LogP contribution in [-0.4, -0.2) is 5.78 Å². The van der Waals surface area contributed by atoms with Crippen molar-refractivity contribution in [3.63, 3.8) is 0 Å². The van der Waals surface area contributed by atoms with Crippen LogP contribution in [0.4, 0.5) is 0 Å². The van der Waals surface area contributed by atoms with Crippen LogP contribution in [0.1, 0.15) is 13.8 Å². The van der Waals surface area contributed by atoms with Crippen LogP contribution in [0.25, 0.3) is 0 Å². The van der Waals surface area contributed by atoms with Crippen LogP contribution in [0.3, 0.4) is 0 Å². The van der Waals surface area contributed by atoms with Gasteiger partial charge in [0.25, 0.3) is 0 Å². The summed E-state index contributed by atoms with van der Waals surface area (Å²) in [5.74, 6) is -0.375. The maximum Gasteiger partial charge on any atom is 1.00 e. The molecule has 0 heterocycles. The molecule has 0 bridgehead atoms. The molecule has 0 aliphatic heterocycles. The molecule has 0 saturated heterocycles. The van der Waals surface area contributed by atoms with Gasteiger partial charge >= 0.3 is 58.2 Å². The molecule has 40 valence electrons. The van der Waals surface area contributed by atoms with Gasteiger partial charge in [0.05, 0.1) is 0 Å². The third-order valence-electron chi connectivity index (χ3n) is 0.407. The fraction of sp³-hybridized carbons (Fsp3) is 0.400. The topological polar surface area (TPSA) is 40.1 Å². The molecule has 0 aromatic rings. The van der Waals surface area contributed by atoms with Crippen LogP contribution in [0.15, 0.2) is 11.8 Å². The average Bonchev–Trinajstić information content (AvgIpc) is 1.27. The quantitative estimate of drug-likeness (QED) is 0.319. The van der Waals surface area contributed by atoms with Crippen LogP contribution >= 0.6 is 0 Å². The summed E-state index contributed by atoms with van der Waals surface area (Å²) in [6, 6.07) is 0. The largest absolute Gasteiger partial charge is 1.00 e. The van der Waals surface area contributed by atoms with Crippen LogP contribution in [0.5, 0.6) is 0 Å². The van der Waals surface area contributed by atoms with Gasteiger partial charge in [-0.05, 0) is 13.0 Å². The van der Waals surface area contributed by atoms with Gasteiger partial charge in [0.1, 0.15) is 0 Å². The van der Waals surface area contributed by atoms with Crippen molar-refractivity contribution in [3.05, 3.63) is 11.8 Å². The molecule has 0 saturated carbocycles. The molecule has 0 aromatic carbocycles. The number of rotatable bonds is 1. The SMILES string of the molecule is CC(=O)/C=C(/C)[O-].[Rb+]. The Balaban J connectivity index is 0. The van der Waals surface area contributed by atoms with Crippen molar-refractivity contribution in [2.75, 3.05) is 0 Å². The number of allylic oxidation sites excluding steroid dienone is 2. The number of ketones is 1. The zero-order chi connectivity index (χ0) is 5.86. The van der Waals surface area contributed by atoms with Gasteiger partial charge in [0.15, 0.2) is 5.78 Å². The van der Waals surface area contributed by atoms with E-state index >= 15 is 0 Å². The van der Waals surface area contributed by atoms with Crippen LogP contribution < -0.4 is 63.3 Å². The van der Waals surface area contributed by atoms with Gasteiger partial charge < -0.3 is 5.11 Å². The standard InChI is InChI=1S/C5H8O2.Rb/c1-4(6)3-5(2)7;/h3,6H,1-2H3;/q;+1/p-1/b4-3-;. The third kappa shape index (κ3) is 10.1. The molecule has 0 unspecified atom stereocenters. The fourth-order valence-corrected chi connectivity index (χ4v) is 0.286. The minimum Gasteiger partial charge on any atom is -0.876 e. The second kappa shape index (κ2) is 6.14. The van der Waals surface area contributed by atoms with Crippen molar-refractivity contribution in [1.29, 1.82) is 0 Å². The first-order valence-corrected chi connectivity index (χ1v) is 1.99. The number of carbonyl (C=O) groups is 1. The van der Waals surface area contributed by atoms with Crippen molar-refractivity contribution < 1.29 is 68.1 Å². The van der Waals surface area contributed by atoms with Gasteiger partial charge in [-0.25, -0.2) is 0 Å². The second-order valence-electron chi connectivity index (χ2n) is 1.37. The Morgan fingerprint density at radius 2 is 1.88 bits per heavy atom. The molecule has 0 aliphatic rings. The number of carbonyl (C=O) groups excluding carboxylic acids is 1. The molecule has 0 N–H and O–H groups in total. The van der Waals surface area contributed by atoms with E-state index in [1.807, 2.05) is 0 Å². The maximum atomic E-state index is 9.98. The van der Waals surface area contributed by atoms with Crippen molar-refractivity contribution in [2.24, 2.45) is 0 Å². The fourth-order valence-electron chi connectivity index (χ4n) is 0.286. The first-order valence-electron chi connectivity index (χ1n) is 1.99. The molecular formula is C5H7O2Rb. The van der Waals surface area contributed by atoms with Crippen molar-refractivity contribution >= 4 is 5.78 Å². The monoisotopic (exact) mass is 184 g/mol. The maximum absolute atomic E-state index is 9.98. The van der Waals surface area contributed by atoms with E-state index in [2.05, 4.69) is 0 Å². The number of hydrogen-bond acceptors (Lipinski definition) is 2. The molecule has 3 heteroatoms. The molecule has 2 nitrogen and oxygen atoms in total. The Kier molecular flexibility index (Phi) is 9.03.